The Balaban J connectivity index is 1.80. The van der Waals surface area contributed by atoms with Gasteiger partial charge in [-0.2, -0.15) is 5.10 Å². The van der Waals surface area contributed by atoms with E-state index in [1.54, 1.807) is 32.4 Å². The van der Waals surface area contributed by atoms with Crippen LogP contribution in [-0.2, 0) is 4.74 Å². The Hall–Kier alpha value is -3.42. The molecule has 8 nitrogen and oxygen atoms in total. The summed E-state index contributed by atoms with van der Waals surface area (Å²) in [5.41, 5.74) is 2.95. The van der Waals surface area contributed by atoms with Gasteiger partial charge in [0.25, 0.3) is 0 Å². The fourth-order valence-electron chi connectivity index (χ4n) is 2.21. The fourth-order valence-corrected chi connectivity index (χ4v) is 2.21. The molecule has 0 saturated carbocycles. The van der Waals surface area contributed by atoms with Gasteiger partial charge < -0.3 is 23.7 Å². The average molecular weight is 388 g/mol. The summed E-state index contributed by atoms with van der Waals surface area (Å²) in [5, 5.41) is 3.77. The molecule has 0 heterocycles. The molecule has 8 heteroatoms. The summed E-state index contributed by atoms with van der Waals surface area (Å²) in [4.78, 5) is 11.0. The van der Waals surface area contributed by atoms with E-state index in [4.69, 9.17) is 18.9 Å². The number of carbonyl (C=O) groups excluding carboxylic acids is 1. The van der Waals surface area contributed by atoms with E-state index in [-0.39, 0.29) is 0 Å². The lowest BCUT2D eigenvalue weighted by atomic mass is 10.2. The van der Waals surface area contributed by atoms with Crippen LogP contribution in [0.5, 0.6) is 23.0 Å². The van der Waals surface area contributed by atoms with E-state index in [0.717, 1.165) is 17.1 Å². The van der Waals surface area contributed by atoms with E-state index in [2.05, 4.69) is 15.3 Å². The van der Waals surface area contributed by atoms with E-state index in [0.29, 0.717) is 31.1 Å². The Bertz CT molecular complexity index is 794. The topological polar surface area (TPSA) is 87.6 Å². The molecule has 28 heavy (non-hydrogen) atoms. The molecule has 0 spiro atoms. The van der Waals surface area contributed by atoms with Crippen LogP contribution < -0.4 is 24.4 Å². The lowest BCUT2D eigenvalue weighted by Gasteiger charge is -2.12. The maximum atomic E-state index is 11.0. The van der Waals surface area contributed by atoms with Crippen molar-refractivity contribution in [3.05, 3.63) is 48.0 Å². The van der Waals surface area contributed by atoms with Crippen molar-refractivity contribution in [2.75, 3.05) is 34.5 Å². The van der Waals surface area contributed by atoms with Gasteiger partial charge in [-0.15, -0.1) is 0 Å². The number of carbonyl (C=O) groups is 1. The molecule has 0 bridgehead atoms. The van der Waals surface area contributed by atoms with Crippen LogP contribution in [0.15, 0.2) is 47.6 Å². The molecule has 2 aromatic rings. The predicted molar refractivity (Wildman–Crippen MR) is 105 cm³/mol. The Morgan fingerprint density at radius 2 is 1.75 bits per heavy atom. The Morgan fingerprint density at radius 1 is 0.964 bits per heavy atom. The predicted octanol–water partition coefficient (Wildman–Crippen LogP) is 3.24. The lowest BCUT2D eigenvalue weighted by molar-refractivity contribution is 0.171. The summed E-state index contributed by atoms with van der Waals surface area (Å²) in [6.45, 7) is 0.983. The summed E-state index contributed by atoms with van der Waals surface area (Å²) < 4.78 is 26.4. The van der Waals surface area contributed by atoms with Crippen LogP contribution in [0.2, 0.25) is 0 Å². The van der Waals surface area contributed by atoms with Gasteiger partial charge in [-0.3, -0.25) is 0 Å². The highest BCUT2D eigenvalue weighted by Crippen LogP contribution is 2.27. The summed E-state index contributed by atoms with van der Waals surface area (Å²) in [6.07, 6.45) is 1.54. The standard InChI is InChI=1S/C20H24N2O6/c1-24-16-6-4-7-17(13-16)27-10-5-11-28-18-9-8-15(12-19(18)25-2)14-21-22-20(23)26-3/h4,6-9,12-14H,5,10-11H2,1-3H3,(H,22,23)/b21-14+. The molecule has 0 aliphatic heterocycles. The highest BCUT2D eigenvalue weighted by atomic mass is 16.5. The first kappa shape index (κ1) is 20.9. The van der Waals surface area contributed by atoms with E-state index >= 15 is 0 Å². The number of ether oxygens (including phenoxy) is 5. The maximum Gasteiger partial charge on any atom is 0.427 e. The van der Waals surface area contributed by atoms with Crippen molar-refractivity contribution in [1.29, 1.82) is 0 Å². The van der Waals surface area contributed by atoms with Crippen molar-refractivity contribution in [3.63, 3.8) is 0 Å². The Kier molecular flexibility index (Phi) is 8.45. The Morgan fingerprint density at radius 3 is 2.50 bits per heavy atom. The highest BCUT2D eigenvalue weighted by Gasteiger charge is 2.05. The molecule has 0 atom stereocenters. The van der Waals surface area contributed by atoms with Gasteiger partial charge in [0.15, 0.2) is 11.5 Å². The van der Waals surface area contributed by atoms with Crippen molar-refractivity contribution in [1.82, 2.24) is 5.43 Å². The molecule has 1 amide bonds. The van der Waals surface area contributed by atoms with Gasteiger partial charge >= 0.3 is 6.09 Å². The third kappa shape index (κ3) is 6.71. The summed E-state index contributed by atoms with van der Waals surface area (Å²) in [5.74, 6) is 2.68. The van der Waals surface area contributed by atoms with Gasteiger partial charge in [-0.1, -0.05) is 6.07 Å². The van der Waals surface area contributed by atoms with E-state index < -0.39 is 6.09 Å². The number of methoxy groups -OCH3 is 3. The van der Waals surface area contributed by atoms with Crippen molar-refractivity contribution in [3.8, 4) is 23.0 Å². The van der Waals surface area contributed by atoms with Crippen LogP contribution in [0.25, 0.3) is 0 Å². The van der Waals surface area contributed by atoms with Crippen LogP contribution in [0, 0.1) is 0 Å². The molecule has 2 rings (SSSR count). The minimum Gasteiger partial charge on any atom is -0.497 e. The number of rotatable bonds is 10. The lowest BCUT2D eigenvalue weighted by Crippen LogP contribution is -2.16. The van der Waals surface area contributed by atoms with Crippen LogP contribution in [-0.4, -0.2) is 46.9 Å². The zero-order valence-corrected chi connectivity index (χ0v) is 16.1. The molecule has 0 aromatic heterocycles. The molecule has 0 aliphatic rings. The van der Waals surface area contributed by atoms with Gasteiger partial charge in [0.2, 0.25) is 0 Å². The molecule has 0 saturated heterocycles. The first-order valence-corrected chi connectivity index (χ1v) is 8.61. The number of hydrogen-bond acceptors (Lipinski definition) is 7. The van der Waals surface area contributed by atoms with Gasteiger partial charge in [-0.05, 0) is 35.9 Å². The third-order valence-corrected chi connectivity index (χ3v) is 3.60. The summed E-state index contributed by atoms with van der Waals surface area (Å²) in [7, 11) is 4.44. The van der Waals surface area contributed by atoms with Crippen LogP contribution in [0.4, 0.5) is 4.79 Å². The maximum absolute atomic E-state index is 11.0. The zero-order valence-electron chi connectivity index (χ0n) is 16.1. The normalized spacial score (nSPS) is 10.4. The minimum absolute atomic E-state index is 0.470. The molecule has 1 N–H and O–H groups in total. The van der Waals surface area contributed by atoms with Crippen molar-refractivity contribution < 1.29 is 28.5 Å². The number of benzene rings is 2. The minimum atomic E-state index is -0.640. The summed E-state index contributed by atoms with van der Waals surface area (Å²) >= 11 is 0. The molecular formula is C20H24N2O6. The van der Waals surface area contributed by atoms with E-state index in [1.165, 1.54) is 13.3 Å². The smallest absolute Gasteiger partial charge is 0.427 e. The largest absolute Gasteiger partial charge is 0.497 e. The van der Waals surface area contributed by atoms with E-state index in [1.807, 2.05) is 24.3 Å². The third-order valence-electron chi connectivity index (χ3n) is 3.60. The quantitative estimate of drug-likeness (QED) is 0.382. The second-order valence-electron chi connectivity index (χ2n) is 5.50. The molecular weight excluding hydrogens is 364 g/mol. The van der Waals surface area contributed by atoms with Gasteiger partial charge in [0.1, 0.15) is 11.5 Å². The molecule has 150 valence electrons. The zero-order chi connectivity index (χ0) is 20.2. The molecule has 0 radical (unpaired) electrons. The SMILES string of the molecule is COC(=O)N/N=C/c1ccc(OCCCOc2cccc(OC)c2)c(OC)c1. The number of hydrogen-bond donors (Lipinski definition) is 1. The second kappa shape index (κ2) is 11.3. The fraction of sp³-hybridized carbons (Fsp3) is 0.300. The van der Waals surface area contributed by atoms with Crippen molar-refractivity contribution in [2.24, 2.45) is 5.10 Å². The highest BCUT2D eigenvalue weighted by molar-refractivity contribution is 5.82. The van der Waals surface area contributed by atoms with Gasteiger partial charge in [0.05, 0.1) is 40.8 Å². The van der Waals surface area contributed by atoms with Crippen LogP contribution >= 0.6 is 0 Å². The van der Waals surface area contributed by atoms with Crippen LogP contribution in [0.3, 0.4) is 0 Å². The van der Waals surface area contributed by atoms with Gasteiger partial charge in [0, 0.05) is 12.5 Å². The molecule has 0 fully saturated rings. The number of hydrazone groups is 1. The second-order valence-corrected chi connectivity index (χ2v) is 5.50. The Labute approximate surface area is 164 Å². The van der Waals surface area contributed by atoms with Crippen LogP contribution in [0.1, 0.15) is 12.0 Å². The van der Waals surface area contributed by atoms with Crippen molar-refractivity contribution >= 4 is 12.3 Å². The number of nitrogens with zero attached hydrogens (tertiary/aromatic N) is 1. The van der Waals surface area contributed by atoms with E-state index in [9.17, 15) is 4.79 Å². The monoisotopic (exact) mass is 388 g/mol. The first-order valence-electron chi connectivity index (χ1n) is 8.61. The summed E-state index contributed by atoms with van der Waals surface area (Å²) in [6, 6.07) is 12.8. The number of nitrogens with one attached hydrogen (secondary N) is 1. The van der Waals surface area contributed by atoms with Crippen molar-refractivity contribution in [2.45, 2.75) is 6.42 Å². The molecule has 0 unspecified atom stereocenters. The average Bonchev–Trinajstić information content (AvgIpc) is 2.74. The molecule has 0 aliphatic carbocycles. The molecule has 2 aromatic carbocycles. The number of amides is 1. The first-order chi connectivity index (χ1) is 13.7. The van der Waals surface area contributed by atoms with Gasteiger partial charge in [-0.25, -0.2) is 10.2 Å².